The quantitative estimate of drug-likeness (QED) is 0.0530. The molecular formula is C62H75FN12O6. The van der Waals surface area contributed by atoms with E-state index in [4.69, 9.17) is 0 Å². The summed E-state index contributed by atoms with van der Waals surface area (Å²) < 4.78 is 20.1. The van der Waals surface area contributed by atoms with Gasteiger partial charge in [-0.1, -0.05) is 60.9 Å². The lowest BCUT2D eigenvalue weighted by atomic mass is 9.91. The molecule has 0 radical (unpaired) electrons. The lowest BCUT2D eigenvalue weighted by molar-refractivity contribution is -0.122. The Kier molecular flexibility index (Phi) is 16.2. The summed E-state index contributed by atoms with van der Waals surface area (Å²) in [5, 5.41) is 40.7. The zero-order chi connectivity index (χ0) is 57.4. The molecule has 8 aromatic rings. The number of hydrogen-bond acceptors (Lipinski definition) is 12. The van der Waals surface area contributed by atoms with Crippen LogP contribution in [0, 0.1) is 39.4 Å². The molecule has 81 heavy (non-hydrogen) atoms. The topological polar surface area (TPSA) is 240 Å². The number of aliphatic hydroxyl groups is 3. The first-order valence-electron chi connectivity index (χ1n) is 28.6. The molecule has 426 valence electrons. The highest BCUT2D eigenvalue weighted by Gasteiger charge is 2.36. The second-order valence-corrected chi connectivity index (χ2v) is 23.8. The minimum atomic E-state index is -1.63. The maximum absolute atomic E-state index is 14.0. The number of fused-ring (bicyclic) bond motifs is 3. The molecule has 3 atom stereocenters. The maximum atomic E-state index is 14.0. The normalized spacial score (nSPS) is 17.7. The predicted octanol–water partition coefficient (Wildman–Crippen LogP) is 11.2. The predicted molar refractivity (Wildman–Crippen MR) is 310 cm³/mol. The Balaban J connectivity index is 0.000000137. The molecule has 3 unspecified atom stereocenters. The average molecular weight is 1100 g/mol. The summed E-state index contributed by atoms with van der Waals surface area (Å²) in [7, 11) is 0. The molecule has 3 amide bonds. The number of pyridine rings is 3. The van der Waals surface area contributed by atoms with Gasteiger partial charge in [0.05, 0.1) is 36.1 Å². The molecule has 0 bridgehead atoms. The van der Waals surface area contributed by atoms with Crippen molar-refractivity contribution < 1.29 is 34.1 Å². The lowest BCUT2D eigenvalue weighted by Crippen LogP contribution is -2.32. The van der Waals surface area contributed by atoms with E-state index in [0.717, 1.165) is 101 Å². The van der Waals surface area contributed by atoms with Crippen LogP contribution in [0.25, 0.3) is 33.5 Å². The van der Waals surface area contributed by atoms with Crippen LogP contribution >= 0.6 is 0 Å². The van der Waals surface area contributed by atoms with Gasteiger partial charge in [0.15, 0.2) is 16.9 Å². The third kappa shape index (κ3) is 13.2. The van der Waals surface area contributed by atoms with E-state index in [9.17, 15) is 34.1 Å². The first kappa shape index (κ1) is 56.8. The zero-order valence-corrected chi connectivity index (χ0v) is 47.5. The van der Waals surface area contributed by atoms with Gasteiger partial charge in [-0.05, 0) is 167 Å². The van der Waals surface area contributed by atoms with Crippen molar-refractivity contribution >= 4 is 69.1 Å². The molecule has 2 aromatic carbocycles. The molecule has 6 N–H and O–H groups in total. The molecule has 0 saturated heterocycles. The molecule has 19 heteroatoms. The smallest absolute Gasteiger partial charge is 0.229 e. The van der Waals surface area contributed by atoms with Gasteiger partial charge in [0, 0.05) is 40.8 Å². The summed E-state index contributed by atoms with van der Waals surface area (Å²) in [5.74, 6) is 0.661. The molecular weight excluding hydrogens is 1030 g/mol. The number of aromatic nitrogens is 9. The summed E-state index contributed by atoms with van der Waals surface area (Å²) in [4.78, 5) is 65.5. The van der Waals surface area contributed by atoms with Crippen molar-refractivity contribution in [1.82, 2.24) is 43.6 Å². The van der Waals surface area contributed by atoms with Gasteiger partial charge in [-0.15, -0.1) is 0 Å². The van der Waals surface area contributed by atoms with Crippen molar-refractivity contribution in [2.75, 3.05) is 16.0 Å². The van der Waals surface area contributed by atoms with Crippen LogP contribution in [0.1, 0.15) is 169 Å². The fourth-order valence-corrected chi connectivity index (χ4v) is 11.0. The Labute approximate surface area is 471 Å². The van der Waals surface area contributed by atoms with Crippen LogP contribution < -0.4 is 16.0 Å². The van der Waals surface area contributed by atoms with E-state index in [1.165, 1.54) is 44.7 Å². The SMILES string of the molecule is Cc1ccc2nc(NC(=O)CC(C)(O)CC3CC3)n(C3CCC3)c2n1.Cc1ccc2nc(NC(=O)CC(C)(O)c3ccccc3F)n(C3CCC3)c2n1.Cc1cccc(C(C)(O)CC(=O)Nc2nc3ccc(C)nc3n2C2CCC2)c1. The Bertz CT molecular complexity index is 3620. The van der Waals surface area contributed by atoms with Gasteiger partial charge in [0.25, 0.3) is 0 Å². The number of hydrogen-bond donors (Lipinski definition) is 6. The number of imidazole rings is 3. The molecule has 0 spiro atoms. The van der Waals surface area contributed by atoms with Gasteiger partial charge in [-0.25, -0.2) is 34.3 Å². The van der Waals surface area contributed by atoms with Crippen molar-refractivity contribution in [2.24, 2.45) is 5.92 Å². The molecule has 6 aromatic heterocycles. The number of nitrogens with zero attached hydrogens (tertiary/aromatic N) is 9. The number of amides is 3. The second kappa shape index (κ2) is 23.2. The van der Waals surface area contributed by atoms with E-state index in [0.29, 0.717) is 47.8 Å². The second-order valence-electron chi connectivity index (χ2n) is 23.8. The molecule has 4 fully saturated rings. The molecule has 6 heterocycles. The maximum Gasteiger partial charge on any atom is 0.229 e. The van der Waals surface area contributed by atoms with E-state index in [1.807, 2.05) is 97.5 Å². The van der Waals surface area contributed by atoms with Crippen LogP contribution in [0.2, 0.25) is 0 Å². The van der Waals surface area contributed by atoms with E-state index >= 15 is 0 Å². The van der Waals surface area contributed by atoms with Crippen molar-refractivity contribution in [3.63, 3.8) is 0 Å². The first-order chi connectivity index (χ1) is 38.6. The number of anilines is 3. The molecule has 12 rings (SSSR count). The summed E-state index contributed by atoms with van der Waals surface area (Å²) >= 11 is 0. The summed E-state index contributed by atoms with van der Waals surface area (Å²) in [5.41, 5.74) is 5.48. The monoisotopic (exact) mass is 1100 g/mol. The number of halogens is 1. The molecule has 4 saturated carbocycles. The van der Waals surface area contributed by atoms with Gasteiger partial charge in [0.1, 0.15) is 22.4 Å². The van der Waals surface area contributed by atoms with Gasteiger partial charge < -0.3 is 15.3 Å². The van der Waals surface area contributed by atoms with Gasteiger partial charge in [0.2, 0.25) is 35.6 Å². The van der Waals surface area contributed by atoms with E-state index < -0.39 is 28.5 Å². The number of benzene rings is 2. The highest BCUT2D eigenvalue weighted by atomic mass is 19.1. The van der Waals surface area contributed by atoms with Crippen molar-refractivity contribution in [1.29, 1.82) is 0 Å². The summed E-state index contributed by atoms with van der Waals surface area (Å²) in [6.07, 6.45) is 12.6. The van der Waals surface area contributed by atoms with E-state index in [-0.39, 0.29) is 42.7 Å². The minimum absolute atomic E-state index is 0.0449. The van der Waals surface area contributed by atoms with E-state index in [2.05, 4.69) is 50.4 Å². The van der Waals surface area contributed by atoms with Gasteiger partial charge in [-0.3, -0.25) is 44.0 Å². The first-order valence-corrected chi connectivity index (χ1v) is 28.6. The van der Waals surface area contributed by atoms with Gasteiger partial charge >= 0.3 is 0 Å². The Morgan fingerprint density at radius 2 is 0.926 bits per heavy atom. The number of aryl methyl sites for hydroxylation is 4. The lowest BCUT2D eigenvalue weighted by Gasteiger charge is -2.29. The van der Waals surface area contributed by atoms with E-state index in [1.54, 1.807) is 26.0 Å². The van der Waals surface area contributed by atoms with Crippen LogP contribution in [0.15, 0.2) is 84.9 Å². The third-order valence-electron chi connectivity index (χ3n) is 16.2. The van der Waals surface area contributed by atoms with Crippen LogP contribution in [-0.2, 0) is 25.6 Å². The standard InChI is InChI=1S/C22H26N4O2.C21H23FN4O2.C19H26N4O2/c1-14-6-4-7-16(12-14)22(3,28)13-19(27)25-21-24-18-11-10-15(2)23-20(18)26(21)17-8-5-9-17;1-13-10-11-17-19(23-13)26(14-6-5-7-14)20(24-17)25-18(27)12-21(2,28)15-8-3-4-9-16(15)22;1-12-6-9-15-17(20-12)23(14-4-3-5-14)18(21-15)22-16(24)11-19(2,25)10-13-7-8-13/h4,6-7,10-12,17,28H,5,8-9,13H2,1-3H3,(H,24,25,27);3-4,8-11,14,28H,5-7,12H2,1-2H3,(H,24,25,27);6,9,13-14,25H,3-5,7-8,10-11H2,1-2H3,(H,21,22,24). The molecule has 18 nitrogen and oxygen atoms in total. The van der Waals surface area contributed by atoms with Crippen molar-refractivity contribution in [3.05, 3.63) is 125 Å². The minimum Gasteiger partial charge on any atom is -0.390 e. The summed E-state index contributed by atoms with van der Waals surface area (Å²) in [6.45, 7) is 12.7. The van der Waals surface area contributed by atoms with Crippen LogP contribution in [0.5, 0.6) is 0 Å². The third-order valence-corrected chi connectivity index (χ3v) is 16.2. The summed E-state index contributed by atoms with van der Waals surface area (Å²) in [6, 6.07) is 26.0. The van der Waals surface area contributed by atoms with Crippen LogP contribution in [-0.4, -0.2) is 82.2 Å². The Hall–Kier alpha value is -7.48. The molecule has 4 aliphatic carbocycles. The van der Waals surface area contributed by atoms with Crippen LogP contribution in [0.4, 0.5) is 22.2 Å². The number of nitrogens with one attached hydrogen (secondary N) is 3. The number of rotatable bonds is 16. The Morgan fingerprint density at radius 3 is 1.31 bits per heavy atom. The Morgan fingerprint density at radius 1 is 0.519 bits per heavy atom. The fourth-order valence-electron chi connectivity index (χ4n) is 11.0. The fraction of sp³-hybridized carbons (Fsp3) is 0.468. The molecule has 0 aliphatic heterocycles. The highest BCUT2D eigenvalue weighted by molar-refractivity contribution is 5.93. The highest BCUT2D eigenvalue weighted by Crippen LogP contribution is 2.41. The van der Waals surface area contributed by atoms with Gasteiger partial charge in [-0.2, -0.15) is 0 Å². The largest absolute Gasteiger partial charge is 0.390 e. The molecule has 4 aliphatic rings. The number of carbonyl (C=O) groups excluding carboxylic acids is 3. The average Bonchev–Trinajstić information content (AvgIpc) is 3.73. The van der Waals surface area contributed by atoms with Crippen molar-refractivity contribution in [3.8, 4) is 0 Å². The van der Waals surface area contributed by atoms with Crippen molar-refractivity contribution in [2.45, 2.75) is 180 Å². The number of carbonyl (C=O) groups is 3. The zero-order valence-electron chi connectivity index (χ0n) is 47.5. The van der Waals surface area contributed by atoms with Crippen LogP contribution in [0.3, 0.4) is 0 Å².